The van der Waals surface area contributed by atoms with Crippen LogP contribution in [0.4, 0.5) is 5.69 Å². The Morgan fingerprint density at radius 1 is 0.764 bits per heavy atom. The maximum Gasteiger partial charge on any atom is 0.475 e. The van der Waals surface area contributed by atoms with Gasteiger partial charge in [0.25, 0.3) is 5.91 Å². The summed E-state index contributed by atoms with van der Waals surface area (Å²) in [5, 5.41) is 54.2. The number of carbonyl (C=O) groups is 7. The number of likely N-dealkylation sites (tertiary alicyclic amines) is 1. The van der Waals surface area contributed by atoms with Crippen LogP contribution < -0.4 is 26.8 Å². The zero-order chi connectivity index (χ0) is 40.8. The number of hydrogen-bond acceptors (Lipinski definition) is 14. The number of nitrogens with zero attached hydrogens (tertiary/aromatic N) is 4. The Balaban J connectivity index is 1.78. The van der Waals surface area contributed by atoms with E-state index in [1.165, 1.54) is 17.0 Å². The second-order valence-corrected chi connectivity index (χ2v) is 12.9. The molecule has 22 heteroatoms. The molecule has 0 saturated carbocycles. The van der Waals surface area contributed by atoms with Gasteiger partial charge in [-0.1, -0.05) is 6.92 Å². The van der Waals surface area contributed by atoms with Crippen LogP contribution in [0.15, 0.2) is 24.3 Å². The number of hydrazine groups is 1. The molecule has 1 heterocycles. The van der Waals surface area contributed by atoms with Crippen molar-refractivity contribution in [1.29, 1.82) is 0 Å². The number of carboxylic acids is 3. The molecule has 1 fully saturated rings. The Labute approximate surface area is 319 Å². The maximum atomic E-state index is 12.8. The fourth-order valence-corrected chi connectivity index (χ4v) is 5.69. The van der Waals surface area contributed by atoms with Crippen molar-refractivity contribution in [1.82, 2.24) is 41.0 Å². The van der Waals surface area contributed by atoms with Gasteiger partial charge in [0.1, 0.15) is 0 Å². The first-order valence-corrected chi connectivity index (χ1v) is 18.1. The topological polar surface area (TPSA) is 294 Å². The molecule has 306 valence electrons. The third-order valence-corrected chi connectivity index (χ3v) is 8.64. The summed E-state index contributed by atoms with van der Waals surface area (Å²) in [4.78, 5) is 90.0. The van der Waals surface area contributed by atoms with Crippen molar-refractivity contribution >= 4 is 54.3 Å². The Morgan fingerprint density at radius 3 is 1.98 bits per heavy atom. The molecule has 1 aromatic rings. The monoisotopic (exact) mass is 779 g/mol. The first-order valence-electron chi connectivity index (χ1n) is 18.1. The summed E-state index contributed by atoms with van der Waals surface area (Å²) >= 11 is 0. The summed E-state index contributed by atoms with van der Waals surface area (Å²) in [6.07, 6.45) is 1.49. The van der Waals surface area contributed by atoms with Crippen LogP contribution in [0.25, 0.3) is 0 Å². The Kier molecular flexibility index (Phi) is 21.3. The van der Waals surface area contributed by atoms with Crippen molar-refractivity contribution in [2.75, 3.05) is 97.1 Å². The van der Waals surface area contributed by atoms with E-state index in [9.17, 15) is 53.8 Å². The first-order chi connectivity index (χ1) is 26.2. The molecule has 10 N–H and O–H groups in total. The van der Waals surface area contributed by atoms with E-state index in [0.717, 1.165) is 0 Å². The normalized spacial score (nSPS) is 13.9. The number of hydrogen-bond donors (Lipinski definition) is 10. The molecule has 1 atom stereocenters. The summed E-state index contributed by atoms with van der Waals surface area (Å²) in [6, 6.07) is 6.11. The second-order valence-electron chi connectivity index (χ2n) is 12.9. The van der Waals surface area contributed by atoms with Crippen LogP contribution in [0.3, 0.4) is 0 Å². The third kappa shape index (κ3) is 19.3. The Hall–Kier alpha value is -4.87. The van der Waals surface area contributed by atoms with Crippen molar-refractivity contribution in [3.8, 4) is 0 Å². The summed E-state index contributed by atoms with van der Waals surface area (Å²) < 4.78 is 0. The molecule has 0 radical (unpaired) electrons. The highest BCUT2D eigenvalue weighted by molar-refractivity contribution is 6.43. The van der Waals surface area contributed by atoms with E-state index in [0.29, 0.717) is 51.1 Å². The number of rotatable bonds is 28. The van der Waals surface area contributed by atoms with E-state index < -0.39 is 42.8 Å². The second kappa shape index (κ2) is 25.3. The predicted octanol–water partition coefficient (Wildman–Crippen LogP) is -3.47. The van der Waals surface area contributed by atoms with Crippen molar-refractivity contribution in [3.05, 3.63) is 29.8 Å². The number of benzene rings is 1. The van der Waals surface area contributed by atoms with E-state index in [2.05, 4.69) is 26.8 Å². The third-order valence-electron chi connectivity index (χ3n) is 8.64. The summed E-state index contributed by atoms with van der Waals surface area (Å²) in [7, 11) is -1.65. The summed E-state index contributed by atoms with van der Waals surface area (Å²) in [5.41, 5.74) is 6.02. The van der Waals surface area contributed by atoms with Crippen LogP contribution in [-0.2, 0) is 28.8 Å². The largest absolute Gasteiger partial charge is 0.480 e. The van der Waals surface area contributed by atoms with Crippen LogP contribution in [0.5, 0.6) is 0 Å². The summed E-state index contributed by atoms with van der Waals surface area (Å²) in [6.45, 7) is 3.43. The van der Waals surface area contributed by atoms with E-state index in [-0.39, 0.29) is 89.2 Å². The molecule has 2 rings (SSSR count). The van der Waals surface area contributed by atoms with Crippen LogP contribution in [0.1, 0.15) is 43.0 Å². The number of carbonyl (C=O) groups excluding carboxylic acids is 4. The Bertz CT molecular complexity index is 1420. The average Bonchev–Trinajstić information content (AvgIpc) is 3.64. The summed E-state index contributed by atoms with van der Waals surface area (Å²) in [5.74, 6) is -5.42. The Morgan fingerprint density at radius 2 is 1.38 bits per heavy atom. The number of aliphatic carboxylic acids is 3. The molecule has 4 amide bonds. The van der Waals surface area contributed by atoms with Gasteiger partial charge in [-0.25, -0.2) is 0 Å². The molecule has 0 unspecified atom stereocenters. The fourth-order valence-electron chi connectivity index (χ4n) is 5.69. The number of likely N-dealkylation sites (N-methyl/N-ethyl adjacent to an activating group) is 1. The molecule has 1 aliphatic rings. The van der Waals surface area contributed by atoms with Crippen molar-refractivity contribution in [2.24, 2.45) is 0 Å². The zero-order valence-corrected chi connectivity index (χ0v) is 31.1. The van der Waals surface area contributed by atoms with Gasteiger partial charge in [0, 0.05) is 64.3 Å². The van der Waals surface area contributed by atoms with Crippen molar-refractivity contribution in [3.63, 3.8) is 0 Å². The molecule has 55 heavy (non-hydrogen) atoms. The van der Waals surface area contributed by atoms with Crippen LogP contribution in [-0.4, -0.2) is 191 Å². The molecular formula is C33H54BN9O12. The molecule has 0 aromatic heterocycles. The fraction of sp³-hybridized carbons (Fsp3) is 0.606. The minimum atomic E-state index is -1.65. The van der Waals surface area contributed by atoms with Gasteiger partial charge in [0.15, 0.2) is 0 Å². The number of anilines is 1. The maximum absolute atomic E-state index is 12.8. The van der Waals surface area contributed by atoms with Gasteiger partial charge in [-0.05, 0) is 50.1 Å². The quantitative estimate of drug-likeness (QED) is 0.0225. The highest BCUT2D eigenvalue weighted by Crippen LogP contribution is 2.18. The van der Waals surface area contributed by atoms with Crippen LogP contribution >= 0.6 is 0 Å². The molecular weight excluding hydrogens is 725 g/mol. The van der Waals surface area contributed by atoms with Gasteiger partial charge in [0.05, 0.1) is 44.4 Å². The highest BCUT2D eigenvalue weighted by Gasteiger charge is 2.36. The van der Waals surface area contributed by atoms with Crippen molar-refractivity contribution < 1.29 is 58.9 Å². The number of amides is 4. The number of carboxylic acid groups (broad SMARTS) is 3. The lowest BCUT2D eigenvalue weighted by Crippen LogP contribution is -2.48. The van der Waals surface area contributed by atoms with Gasteiger partial charge >= 0.3 is 25.0 Å². The lowest BCUT2D eigenvalue weighted by Gasteiger charge is -2.28. The lowest BCUT2D eigenvalue weighted by atomic mass is 9.78. The molecule has 0 spiro atoms. The molecule has 1 saturated heterocycles. The van der Waals surface area contributed by atoms with E-state index >= 15 is 0 Å². The molecule has 1 aliphatic heterocycles. The lowest BCUT2D eigenvalue weighted by molar-refractivity contribution is -0.139. The highest BCUT2D eigenvalue weighted by atomic mass is 16.4. The van der Waals surface area contributed by atoms with Gasteiger partial charge < -0.3 is 46.2 Å². The smallest absolute Gasteiger partial charge is 0.475 e. The van der Waals surface area contributed by atoms with Gasteiger partial charge in [-0.3, -0.25) is 59.1 Å². The minimum Gasteiger partial charge on any atom is -0.480 e. The van der Waals surface area contributed by atoms with Crippen LogP contribution in [0.2, 0.25) is 0 Å². The average molecular weight is 780 g/mol. The molecule has 21 nitrogen and oxygen atoms in total. The zero-order valence-electron chi connectivity index (χ0n) is 31.1. The van der Waals surface area contributed by atoms with Crippen LogP contribution in [0, 0.1) is 0 Å². The molecule has 0 bridgehead atoms. The standard InChI is InChI=1S/C33H54BN9O12/c1-2-40(22-31(49)50)15-16-42(18-17-41(23-32(51)52)14-12-35-20-30(47)48)21-28(45)36-11-3-6-27(44)39-38-25-9-7-24(8-10-25)33(53)37-19-29(46)43-13-4-5-26(43)34(54)55/h7-10,26,35,38,54-55H,2-6,11-23H2,1H3,(H,36,45)(H,37,53)(H,39,44)(H,47,48)(H,49,50)(H,51,52)/t26-/m0/s1. The van der Waals surface area contributed by atoms with E-state index in [4.69, 9.17) is 5.11 Å². The van der Waals surface area contributed by atoms with E-state index in [1.807, 2.05) is 6.92 Å². The molecule has 1 aromatic carbocycles. The predicted molar refractivity (Wildman–Crippen MR) is 198 cm³/mol. The minimum absolute atomic E-state index is 0.0619. The number of nitrogens with one attached hydrogen (secondary N) is 5. The van der Waals surface area contributed by atoms with Crippen molar-refractivity contribution in [2.45, 2.75) is 38.5 Å². The van der Waals surface area contributed by atoms with Gasteiger partial charge in [-0.15, -0.1) is 0 Å². The SMILES string of the molecule is CCN(CCN(CCN(CCNCC(=O)O)CC(=O)O)CC(=O)NCCCC(=O)NNc1ccc(C(=O)NCC(=O)N2CCC[C@H]2B(O)O)cc1)CC(=O)O. The first kappa shape index (κ1) is 46.3. The van der Waals surface area contributed by atoms with Gasteiger partial charge in [-0.2, -0.15) is 0 Å². The molecule has 0 aliphatic carbocycles. The van der Waals surface area contributed by atoms with Gasteiger partial charge in [0.2, 0.25) is 17.7 Å². The van der Waals surface area contributed by atoms with E-state index in [1.54, 1.807) is 26.8 Å².